The average Bonchev–Trinajstić information content (AvgIpc) is 3.59. The molecule has 6 rings (SSSR count). The number of nitrogens with one attached hydrogen (secondary N) is 2. The number of aliphatic imine (C=N–C) groups is 2. The van der Waals surface area contributed by atoms with Gasteiger partial charge < -0.3 is 15.4 Å². The van der Waals surface area contributed by atoms with Crippen LogP contribution in [0.3, 0.4) is 0 Å². The lowest BCUT2D eigenvalue weighted by Gasteiger charge is -2.22. The van der Waals surface area contributed by atoms with Crippen molar-refractivity contribution in [2.75, 3.05) is 0 Å². The van der Waals surface area contributed by atoms with Crippen LogP contribution in [-0.4, -0.2) is 33.0 Å². The summed E-state index contributed by atoms with van der Waals surface area (Å²) in [6.07, 6.45) is 15.5. The first-order chi connectivity index (χ1) is 16.1. The maximum atomic E-state index is 12.6. The van der Waals surface area contributed by atoms with E-state index >= 15 is 0 Å². The van der Waals surface area contributed by atoms with Crippen molar-refractivity contribution < 1.29 is 9.90 Å². The minimum Gasteiger partial charge on any atom is -0.479 e. The van der Waals surface area contributed by atoms with E-state index in [9.17, 15) is 9.90 Å². The lowest BCUT2D eigenvalue weighted by molar-refractivity contribution is -0.142. The van der Waals surface area contributed by atoms with E-state index in [2.05, 4.69) is 15.3 Å². The van der Waals surface area contributed by atoms with Gasteiger partial charge in [-0.25, -0.2) is 14.8 Å². The molecule has 4 aliphatic rings. The zero-order valence-corrected chi connectivity index (χ0v) is 17.6. The molecule has 5 heterocycles. The van der Waals surface area contributed by atoms with E-state index in [1.54, 1.807) is 6.08 Å². The number of aromatic amines is 1. The summed E-state index contributed by atoms with van der Waals surface area (Å²) in [6, 6.07) is 13.8. The first-order valence-corrected chi connectivity index (χ1v) is 10.7. The molecule has 0 radical (unpaired) electrons. The van der Waals surface area contributed by atoms with Gasteiger partial charge in [-0.1, -0.05) is 30.3 Å². The Morgan fingerprint density at radius 3 is 2.21 bits per heavy atom. The van der Waals surface area contributed by atoms with Gasteiger partial charge in [0.1, 0.15) is 0 Å². The summed E-state index contributed by atoms with van der Waals surface area (Å²) in [5.41, 5.74) is 4.31. The standard InChI is InChI=1S/C27H20N4O2/c32-26(33)27-15-23-11-10-21(30-23)13-19-7-6-18(28-19)12-20-8-9-22(29-20)14-25(31-27)24(16-27)17-4-2-1-3-5-17/h1-15,28,31H,16H2,(H,32,33). The van der Waals surface area contributed by atoms with Crippen molar-refractivity contribution in [2.24, 2.45) is 9.98 Å². The van der Waals surface area contributed by atoms with Crippen molar-refractivity contribution in [3.05, 3.63) is 112 Å². The Morgan fingerprint density at radius 2 is 1.52 bits per heavy atom. The smallest absolute Gasteiger partial charge is 0.333 e. The summed E-state index contributed by atoms with van der Waals surface area (Å²) in [5.74, 6) is -0.951. The van der Waals surface area contributed by atoms with Crippen LogP contribution in [-0.2, 0) is 4.79 Å². The van der Waals surface area contributed by atoms with Crippen LogP contribution in [0.4, 0.5) is 0 Å². The monoisotopic (exact) mass is 432 g/mol. The predicted octanol–water partition coefficient (Wildman–Crippen LogP) is 2.61. The van der Waals surface area contributed by atoms with Gasteiger partial charge in [0, 0.05) is 22.8 Å². The summed E-state index contributed by atoms with van der Waals surface area (Å²) in [7, 11) is 0. The van der Waals surface area contributed by atoms with Gasteiger partial charge >= 0.3 is 5.97 Å². The van der Waals surface area contributed by atoms with E-state index in [1.165, 1.54) is 0 Å². The molecule has 160 valence electrons. The number of hydrogen-bond donors (Lipinski definition) is 3. The van der Waals surface area contributed by atoms with Crippen LogP contribution in [0.5, 0.6) is 0 Å². The van der Waals surface area contributed by atoms with Gasteiger partial charge in [-0.3, -0.25) is 0 Å². The molecule has 1 aromatic heterocycles. The summed E-state index contributed by atoms with van der Waals surface area (Å²) in [6.45, 7) is 0. The highest BCUT2D eigenvalue weighted by Gasteiger charge is 2.44. The van der Waals surface area contributed by atoms with E-state index in [0.29, 0.717) is 12.1 Å². The lowest BCUT2D eigenvalue weighted by atomic mass is 9.90. The molecule has 6 nitrogen and oxygen atoms in total. The number of benzene rings is 1. The molecule has 0 fully saturated rings. The number of nitrogens with zero attached hydrogens (tertiary/aromatic N) is 2. The number of H-pyrrole nitrogens is 1. The van der Waals surface area contributed by atoms with Crippen LogP contribution in [0.25, 0.3) is 17.7 Å². The van der Waals surface area contributed by atoms with Crippen molar-refractivity contribution in [1.82, 2.24) is 10.3 Å². The zero-order chi connectivity index (χ0) is 22.4. The fraction of sp³-hybridized carbons (Fsp3) is 0.0741. The molecule has 3 N–H and O–H groups in total. The molecule has 0 amide bonds. The number of rotatable bonds is 2. The van der Waals surface area contributed by atoms with Gasteiger partial charge in [-0.15, -0.1) is 0 Å². The summed E-state index contributed by atoms with van der Waals surface area (Å²) in [4.78, 5) is 25.3. The van der Waals surface area contributed by atoms with Gasteiger partial charge in [0.2, 0.25) is 0 Å². The Balaban J connectivity index is 1.58. The highest BCUT2D eigenvalue weighted by atomic mass is 16.4. The quantitative estimate of drug-likeness (QED) is 0.682. The zero-order valence-electron chi connectivity index (χ0n) is 17.6. The van der Waals surface area contributed by atoms with Crippen molar-refractivity contribution in [3.63, 3.8) is 0 Å². The molecule has 0 spiro atoms. The van der Waals surface area contributed by atoms with Gasteiger partial charge in [-0.2, -0.15) is 0 Å². The summed E-state index contributed by atoms with van der Waals surface area (Å²) in [5, 5.41) is 15.5. The summed E-state index contributed by atoms with van der Waals surface area (Å²) < 4.78 is 0. The van der Waals surface area contributed by atoms with Crippen LogP contribution < -0.4 is 16.0 Å². The van der Waals surface area contributed by atoms with Crippen LogP contribution in [0.1, 0.15) is 12.0 Å². The van der Waals surface area contributed by atoms with Crippen molar-refractivity contribution in [1.29, 1.82) is 0 Å². The Labute approximate surface area is 189 Å². The van der Waals surface area contributed by atoms with Gasteiger partial charge in [0.15, 0.2) is 5.54 Å². The number of aliphatic carboxylic acids is 1. The van der Waals surface area contributed by atoms with E-state index < -0.39 is 11.5 Å². The average molecular weight is 432 g/mol. The second-order valence-corrected chi connectivity index (χ2v) is 8.37. The fourth-order valence-corrected chi connectivity index (χ4v) is 4.46. The van der Waals surface area contributed by atoms with E-state index in [-0.39, 0.29) is 0 Å². The lowest BCUT2D eigenvalue weighted by Crippen LogP contribution is -2.46. The van der Waals surface area contributed by atoms with Crippen LogP contribution in [0, 0.1) is 0 Å². The molecular formula is C27H20N4O2. The Bertz CT molecular complexity index is 1530. The highest BCUT2D eigenvalue weighted by molar-refractivity contribution is 6.20. The molecule has 1 unspecified atom stereocenters. The van der Waals surface area contributed by atoms with Gasteiger partial charge in [0.05, 0.1) is 22.8 Å². The molecular weight excluding hydrogens is 412 g/mol. The van der Waals surface area contributed by atoms with Crippen LogP contribution in [0.2, 0.25) is 0 Å². The second-order valence-electron chi connectivity index (χ2n) is 8.37. The number of fused-ring (bicyclic) bond motifs is 6. The predicted molar refractivity (Wildman–Crippen MR) is 130 cm³/mol. The molecule has 6 heteroatoms. The topological polar surface area (TPSA) is 89.8 Å². The highest BCUT2D eigenvalue weighted by Crippen LogP contribution is 2.38. The molecule has 33 heavy (non-hydrogen) atoms. The molecule has 0 saturated carbocycles. The van der Waals surface area contributed by atoms with Crippen LogP contribution in [0.15, 0.2) is 106 Å². The number of carboxylic acid groups (broad SMARTS) is 1. The van der Waals surface area contributed by atoms with Crippen molar-refractivity contribution >= 4 is 35.1 Å². The number of carboxylic acids is 1. The van der Waals surface area contributed by atoms with Crippen LogP contribution >= 0.6 is 0 Å². The normalized spacial score (nSPS) is 22.7. The molecule has 4 aliphatic heterocycles. The molecule has 1 atom stereocenters. The second kappa shape index (κ2) is 7.31. The third kappa shape index (κ3) is 3.51. The third-order valence-electron chi connectivity index (χ3n) is 6.03. The number of carbonyl (C=O) groups is 1. The minimum atomic E-state index is -1.31. The van der Waals surface area contributed by atoms with E-state index in [1.807, 2.05) is 85.0 Å². The van der Waals surface area contributed by atoms with Gasteiger partial charge in [0.25, 0.3) is 0 Å². The molecule has 1 aromatic carbocycles. The largest absolute Gasteiger partial charge is 0.479 e. The maximum Gasteiger partial charge on any atom is 0.333 e. The van der Waals surface area contributed by atoms with Crippen molar-refractivity contribution in [3.8, 4) is 0 Å². The fourth-order valence-electron chi connectivity index (χ4n) is 4.46. The molecule has 8 bridgehead atoms. The Morgan fingerprint density at radius 1 is 0.848 bits per heavy atom. The van der Waals surface area contributed by atoms with E-state index in [0.717, 1.165) is 44.7 Å². The first kappa shape index (κ1) is 19.3. The van der Waals surface area contributed by atoms with Gasteiger partial charge in [-0.05, 0) is 71.9 Å². The van der Waals surface area contributed by atoms with E-state index in [4.69, 9.17) is 4.99 Å². The molecule has 2 aromatic rings. The third-order valence-corrected chi connectivity index (χ3v) is 6.03. The number of allylic oxidation sites excluding steroid dienone is 5. The minimum absolute atomic E-state index is 0.295. The molecule has 0 aliphatic carbocycles. The maximum absolute atomic E-state index is 12.6. The molecule has 0 saturated heterocycles. The Kier molecular flexibility index (Phi) is 4.26. The number of aromatic nitrogens is 1. The summed E-state index contributed by atoms with van der Waals surface area (Å²) >= 11 is 0. The Hall–Kier alpha value is -4.45. The first-order valence-electron chi connectivity index (χ1n) is 10.7. The SMILES string of the molecule is O=C(O)C12C=C3C=CC(=N3)C=c3ccc([nH]3)=CC3=NC(=CC(=C(c4ccccc4)C1)N2)C=C3. The van der Waals surface area contributed by atoms with Crippen molar-refractivity contribution in [2.45, 2.75) is 12.0 Å². The number of hydrogen-bond acceptors (Lipinski definition) is 4.